The summed E-state index contributed by atoms with van der Waals surface area (Å²) in [6.07, 6.45) is 8.12. The Labute approximate surface area is 140 Å². The van der Waals surface area contributed by atoms with E-state index < -0.39 is 0 Å². The number of carbonyl (C=O) groups excluding carboxylic acids is 1. The molecule has 3 aromatic rings. The maximum atomic E-state index is 12.5. The highest BCUT2D eigenvalue weighted by molar-refractivity contribution is 5.84. The van der Waals surface area contributed by atoms with Gasteiger partial charge in [-0.25, -0.2) is 4.98 Å². The Bertz CT molecular complexity index is 850. The van der Waals surface area contributed by atoms with E-state index >= 15 is 0 Å². The van der Waals surface area contributed by atoms with Crippen molar-refractivity contribution in [1.29, 1.82) is 0 Å². The predicted molar refractivity (Wildman–Crippen MR) is 93.4 cm³/mol. The Balaban J connectivity index is 1.68. The number of nitrogens with one attached hydrogen (secondary N) is 1. The minimum Gasteiger partial charge on any atom is -0.352 e. The van der Waals surface area contributed by atoms with E-state index in [1.165, 1.54) is 12.8 Å². The molecule has 0 unspecified atom stereocenters. The van der Waals surface area contributed by atoms with Gasteiger partial charge in [-0.1, -0.05) is 25.0 Å². The first kappa shape index (κ1) is 14.9. The molecule has 1 fully saturated rings. The molecular formula is C19H20N4O. The highest BCUT2D eigenvalue weighted by atomic mass is 16.2. The average molecular weight is 320 g/mol. The molecule has 0 saturated heterocycles. The first-order chi connectivity index (χ1) is 11.8. The summed E-state index contributed by atoms with van der Waals surface area (Å²) in [4.78, 5) is 21.4. The van der Waals surface area contributed by atoms with Crippen molar-refractivity contribution in [3.8, 4) is 11.4 Å². The van der Waals surface area contributed by atoms with Crippen LogP contribution in [0.25, 0.3) is 22.4 Å². The van der Waals surface area contributed by atoms with Crippen molar-refractivity contribution in [2.75, 3.05) is 0 Å². The molecule has 0 aliphatic heterocycles. The van der Waals surface area contributed by atoms with Gasteiger partial charge in [-0.3, -0.25) is 9.78 Å². The van der Waals surface area contributed by atoms with Crippen molar-refractivity contribution in [3.05, 3.63) is 48.8 Å². The number of carbonyl (C=O) groups is 1. The largest absolute Gasteiger partial charge is 0.352 e. The summed E-state index contributed by atoms with van der Waals surface area (Å²) in [7, 11) is 0. The van der Waals surface area contributed by atoms with Crippen molar-refractivity contribution >= 4 is 16.9 Å². The number of fused-ring (bicyclic) bond motifs is 1. The van der Waals surface area contributed by atoms with Crippen molar-refractivity contribution in [2.45, 2.75) is 38.3 Å². The van der Waals surface area contributed by atoms with Crippen molar-refractivity contribution in [1.82, 2.24) is 19.9 Å². The lowest BCUT2D eigenvalue weighted by Gasteiger charge is -2.14. The number of aromatic nitrogens is 3. The molecule has 1 aliphatic carbocycles. The third kappa shape index (κ3) is 2.89. The Morgan fingerprint density at radius 1 is 1.17 bits per heavy atom. The van der Waals surface area contributed by atoms with E-state index in [2.05, 4.69) is 10.3 Å². The molecule has 1 aromatic carbocycles. The summed E-state index contributed by atoms with van der Waals surface area (Å²) in [6, 6.07) is 12.1. The standard InChI is InChI=1S/C19H20N4O/c24-18(21-15-7-1-2-8-15)13-23-17-10-4-3-9-16(17)22-19(23)14-6-5-11-20-12-14/h3-6,9-12,15H,1-2,7-8,13H2,(H,21,24). The monoisotopic (exact) mass is 320 g/mol. The maximum Gasteiger partial charge on any atom is 0.240 e. The third-order valence-corrected chi connectivity index (χ3v) is 4.60. The number of hydrogen-bond acceptors (Lipinski definition) is 3. The second-order valence-electron chi connectivity index (χ2n) is 6.30. The first-order valence-electron chi connectivity index (χ1n) is 8.46. The molecular weight excluding hydrogens is 300 g/mol. The molecule has 0 atom stereocenters. The van der Waals surface area contributed by atoms with Gasteiger partial charge in [0.1, 0.15) is 12.4 Å². The summed E-state index contributed by atoms with van der Waals surface area (Å²) >= 11 is 0. The molecule has 122 valence electrons. The number of rotatable bonds is 4. The average Bonchev–Trinajstić information content (AvgIpc) is 3.24. The highest BCUT2D eigenvalue weighted by Gasteiger charge is 2.19. The van der Waals surface area contributed by atoms with E-state index in [-0.39, 0.29) is 12.5 Å². The van der Waals surface area contributed by atoms with Crippen LogP contribution in [0, 0.1) is 0 Å². The van der Waals surface area contributed by atoms with Crippen LogP contribution in [0.1, 0.15) is 25.7 Å². The number of nitrogens with zero attached hydrogens (tertiary/aromatic N) is 3. The lowest BCUT2D eigenvalue weighted by atomic mass is 10.2. The third-order valence-electron chi connectivity index (χ3n) is 4.60. The van der Waals surface area contributed by atoms with Gasteiger partial charge in [0.25, 0.3) is 0 Å². The summed E-state index contributed by atoms with van der Waals surface area (Å²) in [5.74, 6) is 0.834. The van der Waals surface area contributed by atoms with Crippen molar-refractivity contribution in [2.24, 2.45) is 0 Å². The Kier molecular flexibility index (Phi) is 3.99. The van der Waals surface area contributed by atoms with E-state index in [0.717, 1.165) is 35.3 Å². The quantitative estimate of drug-likeness (QED) is 0.803. The van der Waals surface area contributed by atoms with Gasteiger partial charge in [0.05, 0.1) is 11.0 Å². The van der Waals surface area contributed by atoms with E-state index in [4.69, 9.17) is 4.98 Å². The highest BCUT2D eigenvalue weighted by Crippen LogP contribution is 2.24. The van der Waals surface area contributed by atoms with Crippen LogP contribution in [0.2, 0.25) is 0 Å². The minimum absolute atomic E-state index is 0.0511. The number of imidazole rings is 1. The Morgan fingerprint density at radius 3 is 2.79 bits per heavy atom. The SMILES string of the molecule is O=C(Cn1c(-c2cccnc2)nc2ccccc21)NC1CCCC1. The van der Waals surface area contributed by atoms with E-state index in [1.54, 1.807) is 12.4 Å². The second kappa shape index (κ2) is 6.43. The van der Waals surface area contributed by atoms with Crippen molar-refractivity contribution < 1.29 is 4.79 Å². The lowest BCUT2D eigenvalue weighted by Crippen LogP contribution is -2.35. The fourth-order valence-electron chi connectivity index (χ4n) is 3.44. The van der Waals surface area contributed by atoms with Crippen LogP contribution < -0.4 is 5.32 Å². The molecule has 1 N–H and O–H groups in total. The number of para-hydroxylation sites is 2. The zero-order valence-corrected chi connectivity index (χ0v) is 13.5. The van der Waals surface area contributed by atoms with Gasteiger partial charge in [-0.2, -0.15) is 0 Å². The van der Waals surface area contributed by atoms with Crippen LogP contribution in [-0.4, -0.2) is 26.5 Å². The summed E-state index contributed by atoms with van der Waals surface area (Å²) in [6.45, 7) is 0.279. The smallest absolute Gasteiger partial charge is 0.240 e. The summed E-state index contributed by atoms with van der Waals surface area (Å²) in [5, 5.41) is 3.16. The van der Waals surface area contributed by atoms with E-state index in [0.29, 0.717) is 6.04 Å². The van der Waals surface area contributed by atoms with Crippen LogP contribution in [0.15, 0.2) is 48.8 Å². The maximum absolute atomic E-state index is 12.5. The van der Waals surface area contributed by atoms with Crippen LogP contribution in [0.4, 0.5) is 0 Å². The zero-order chi connectivity index (χ0) is 16.4. The molecule has 1 aliphatic rings. The molecule has 5 nitrogen and oxygen atoms in total. The first-order valence-corrected chi connectivity index (χ1v) is 8.46. The Hall–Kier alpha value is -2.69. The minimum atomic E-state index is 0.0511. The topological polar surface area (TPSA) is 59.8 Å². The number of hydrogen-bond donors (Lipinski definition) is 1. The van der Waals surface area contributed by atoms with Crippen LogP contribution in [-0.2, 0) is 11.3 Å². The van der Waals surface area contributed by atoms with Crippen molar-refractivity contribution in [3.63, 3.8) is 0 Å². The second-order valence-corrected chi connectivity index (χ2v) is 6.30. The molecule has 4 rings (SSSR count). The van der Waals surface area contributed by atoms with Crippen LogP contribution >= 0.6 is 0 Å². The van der Waals surface area contributed by atoms with E-state index in [9.17, 15) is 4.79 Å². The van der Waals surface area contributed by atoms with Gasteiger partial charge >= 0.3 is 0 Å². The number of benzene rings is 1. The number of pyridine rings is 1. The molecule has 1 saturated carbocycles. The normalized spacial score (nSPS) is 15.0. The fraction of sp³-hybridized carbons (Fsp3) is 0.316. The molecule has 5 heteroatoms. The van der Waals surface area contributed by atoms with E-state index in [1.807, 2.05) is 41.0 Å². The Morgan fingerprint density at radius 2 is 2.00 bits per heavy atom. The summed E-state index contributed by atoms with van der Waals surface area (Å²) < 4.78 is 1.98. The van der Waals surface area contributed by atoms with Crippen LogP contribution in [0.5, 0.6) is 0 Å². The van der Waals surface area contributed by atoms with Gasteiger partial charge in [-0.15, -0.1) is 0 Å². The predicted octanol–water partition coefficient (Wildman–Crippen LogP) is 3.16. The molecule has 2 aromatic heterocycles. The zero-order valence-electron chi connectivity index (χ0n) is 13.5. The molecule has 0 bridgehead atoms. The molecule has 2 heterocycles. The van der Waals surface area contributed by atoms with Gasteiger partial charge in [-0.05, 0) is 37.1 Å². The summed E-state index contributed by atoms with van der Waals surface area (Å²) in [5.41, 5.74) is 2.78. The lowest BCUT2D eigenvalue weighted by molar-refractivity contribution is -0.122. The molecule has 0 spiro atoms. The molecule has 1 amide bonds. The molecule has 0 radical (unpaired) electrons. The van der Waals surface area contributed by atoms with Gasteiger partial charge in [0, 0.05) is 24.0 Å². The number of amides is 1. The van der Waals surface area contributed by atoms with Gasteiger partial charge in [0.2, 0.25) is 5.91 Å². The molecule has 24 heavy (non-hydrogen) atoms. The van der Waals surface area contributed by atoms with Crippen LogP contribution in [0.3, 0.4) is 0 Å². The van der Waals surface area contributed by atoms with Gasteiger partial charge < -0.3 is 9.88 Å². The fourth-order valence-corrected chi connectivity index (χ4v) is 3.44. The van der Waals surface area contributed by atoms with Gasteiger partial charge in [0.15, 0.2) is 0 Å².